The van der Waals surface area contributed by atoms with E-state index >= 15 is 0 Å². The highest BCUT2D eigenvalue weighted by atomic mass is 79.9. The summed E-state index contributed by atoms with van der Waals surface area (Å²) in [6.45, 7) is 15.5. The molecule has 0 aliphatic heterocycles. The normalized spacial score (nSPS) is 12.7. The maximum absolute atomic E-state index is 12.8. The van der Waals surface area contributed by atoms with Crippen molar-refractivity contribution in [3.05, 3.63) is 47.0 Å². The van der Waals surface area contributed by atoms with Gasteiger partial charge in [-0.1, -0.05) is 34.1 Å². The standard InChI is InChI=1S/C22H33BrN2O4/c1-8-18(13-14-24-19(26)28-21(2,3)4)25(20(27)29-22(5,6)7)15-16-9-11-17(23)12-10-16/h8-12,18H,1,13-15H2,2-7H3,(H,24,26)/t18-/m0/s1. The van der Waals surface area contributed by atoms with Crippen molar-refractivity contribution in [3.8, 4) is 0 Å². The zero-order valence-corrected chi connectivity index (χ0v) is 19.8. The SMILES string of the molecule is C=C[C@@H](CCNC(=O)OC(C)(C)C)N(Cc1ccc(Br)cc1)C(=O)OC(C)(C)C. The highest BCUT2D eigenvalue weighted by Crippen LogP contribution is 2.19. The fourth-order valence-electron chi connectivity index (χ4n) is 2.46. The average molecular weight is 469 g/mol. The largest absolute Gasteiger partial charge is 0.444 e. The van der Waals surface area contributed by atoms with Gasteiger partial charge in [-0.2, -0.15) is 0 Å². The number of benzene rings is 1. The van der Waals surface area contributed by atoms with Gasteiger partial charge in [0.2, 0.25) is 0 Å². The van der Waals surface area contributed by atoms with Crippen LogP contribution in [-0.4, -0.2) is 40.9 Å². The van der Waals surface area contributed by atoms with Gasteiger partial charge in [0.1, 0.15) is 11.2 Å². The first-order valence-corrected chi connectivity index (χ1v) is 10.4. The summed E-state index contributed by atoms with van der Waals surface area (Å²) < 4.78 is 11.8. The number of hydrogen-bond acceptors (Lipinski definition) is 4. The smallest absolute Gasteiger partial charge is 0.411 e. The Morgan fingerprint density at radius 3 is 2.14 bits per heavy atom. The Morgan fingerprint density at radius 1 is 1.10 bits per heavy atom. The summed E-state index contributed by atoms with van der Waals surface area (Å²) in [4.78, 5) is 26.3. The van der Waals surface area contributed by atoms with Crippen molar-refractivity contribution in [2.24, 2.45) is 0 Å². The number of rotatable bonds is 7. The summed E-state index contributed by atoms with van der Waals surface area (Å²) in [6, 6.07) is 7.43. The van der Waals surface area contributed by atoms with E-state index in [4.69, 9.17) is 9.47 Å². The molecule has 1 N–H and O–H groups in total. The first-order chi connectivity index (χ1) is 13.3. The molecule has 0 radical (unpaired) electrons. The van der Waals surface area contributed by atoms with Gasteiger partial charge in [-0.15, -0.1) is 6.58 Å². The molecule has 0 heterocycles. The minimum absolute atomic E-state index is 0.316. The van der Waals surface area contributed by atoms with Gasteiger partial charge in [0.25, 0.3) is 0 Å². The molecule has 1 aromatic carbocycles. The van der Waals surface area contributed by atoms with E-state index in [1.54, 1.807) is 11.0 Å². The van der Waals surface area contributed by atoms with Crippen molar-refractivity contribution in [2.75, 3.05) is 6.54 Å². The summed E-state index contributed by atoms with van der Waals surface area (Å²) in [5, 5.41) is 2.72. The molecule has 0 aromatic heterocycles. The Labute approximate surface area is 182 Å². The molecular formula is C22H33BrN2O4. The second kappa shape index (κ2) is 10.7. The van der Waals surface area contributed by atoms with Crippen molar-refractivity contribution in [3.63, 3.8) is 0 Å². The van der Waals surface area contributed by atoms with Crippen LogP contribution in [0.25, 0.3) is 0 Å². The molecule has 1 rings (SSSR count). The fourth-order valence-corrected chi connectivity index (χ4v) is 2.73. The molecule has 6 nitrogen and oxygen atoms in total. The van der Waals surface area contributed by atoms with E-state index in [9.17, 15) is 9.59 Å². The van der Waals surface area contributed by atoms with Crippen LogP contribution >= 0.6 is 15.9 Å². The van der Waals surface area contributed by atoms with E-state index in [2.05, 4.69) is 27.8 Å². The molecule has 0 fully saturated rings. The predicted molar refractivity (Wildman–Crippen MR) is 119 cm³/mol. The summed E-state index contributed by atoms with van der Waals surface area (Å²) in [5.74, 6) is 0. The van der Waals surface area contributed by atoms with Gasteiger partial charge < -0.3 is 14.8 Å². The van der Waals surface area contributed by atoms with Crippen molar-refractivity contribution >= 4 is 28.1 Å². The third-order valence-corrected chi connectivity index (χ3v) is 4.20. The van der Waals surface area contributed by atoms with Gasteiger partial charge in [0, 0.05) is 17.6 Å². The van der Waals surface area contributed by atoms with Crippen LogP contribution in [0, 0.1) is 0 Å². The van der Waals surface area contributed by atoms with Gasteiger partial charge in [-0.25, -0.2) is 9.59 Å². The number of nitrogens with one attached hydrogen (secondary N) is 1. The Kier molecular flexibility index (Phi) is 9.20. The molecule has 0 aliphatic rings. The lowest BCUT2D eigenvalue weighted by Crippen LogP contribution is -2.43. The third-order valence-electron chi connectivity index (χ3n) is 3.67. The number of ether oxygens (including phenoxy) is 2. The fraction of sp³-hybridized carbons (Fsp3) is 0.545. The van der Waals surface area contributed by atoms with Crippen LogP contribution in [0.1, 0.15) is 53.5 Å². The zero-order chi connectivity index (χ0) is 22.2. The monoisotopic (exact) mass is 468 g/mol. The van der Waals surface area contributed by atoms with E-state index in [-0.39, 0.29) is 6.04 Å². The van der Waals surface area contributed by atoms with Gasteiger partial charge in [0.05, 0.1) is 6.04 Å². The van der Waals surface area contributed by atoms with Crippen LogP contribution < -0.4 is 5.32 Å². The van der Waals surface area contributed by atoms with Crippen LogP contribution in [0.3, 0.4) is 0 Å². The first kappa shape index (κ1) is 25.0. The highest BCUT2D eigenvalue weighted by molar-refractivity contribution is 9.10. The Balaban J connectivity index is 2.86. The van der Waals surface area contributed by atoms with Crippen LogP contribution in [0.4, 0.5) is 9.59 Å². The molecule has 162 valence electrons. The second-order valence-electron chi connectivity index (χ2n) is 8.76. The average Bonchev–Trinajstić information content (AvgIpc) is 2.55. The van der Waals surface area contributed by atoms with E-state index < -0.39 is 23.4 Å². The minimum atomic E-state index is -0.616. The molecule has 29 heavy (non-hydrogen) atoms. The molecule has 2 amide bonds. The predicted octanol–water partition coefficient (Wildman–Crippen LogP) is 5.66. The Hall–Kier alpha value is -2.02. The molecule has 0 spiro atoms. The lowest BCUT2D eigenvalue weighted by molar-refractivity contribution is 0.0173. The maximum atomic E-state index is 12.8. The molecule has 0 aliphatic carbocycles. The molecule has 1 atom stereocenters. The first-order valence-electron chi connectivity index (χ1n) is 9.64. The summed E-state index contributed by atoms with van der Waals surface area (Å²) >= 11 is 3.42. The number of alkyl carbamates (subject to hydrolysis) is 1. The number of carbonyl (C=O) groups excluding carboxylic acids is 2. The molecule has 0 unspecified atom stereocenters. The summed E-state index contributed by atoms with van der Waals surface area (Å²) in [5.41, 5.74) is -0.215. The van der Waals surface area contributed by atoms with Crippen molar-refractivity contribution in [1.82, 2.24) is 10.2 Å². The van der Waals surface area contributed by atoms with Gasteiger partial charge in [-0.3, -0.25) is 4.90 Å². The molecule has 0 bridgehead atoms. The second-order valence-corrected chi connectivity index (χ2v) is 9.67. The lowest BCUT2D eigenvalue weighted by Gasteiger charge is -2.32. The van der Waals surface area contributed by atoms with Gasteiger partial charge >= 0.3 is 12.2 Å². The number of carbonyl (C=O) groups is 2. The Morgan fingerprint density at radius 2 is 1.66 bits per heavy atom. The van der Waals surface area contributed by atoms with Crippen LogP contribution in [0.2, 0.25) is 0 Å². The van der Waals surface area contributed by atoms with E-state index in [0.717, 1.165) is 10.0 Å². The molecular weight excluding hydrogens is 436 g/mol. The van der Waals surface area contributed by atoms with Crippen molar-refractivity contribution in [2.45, 2.75) is 71.8 Å². The number of amides is 2. The quantitative estimate of drug-likeness (QED) is 0.524. The van der Waals surface area contributed by atoms with E-state index in [0.29, 0.717) is 19.5 Å². The highest BCUT2D eigenvalue weighted by Gasteiger charge is 2.27. The summed E-state index contributed by atoms with van der Waals surface area (Å²) in [7, 11) is 0. The van der Waals surface area contributed by atoms with Crippen LogP contribution in [-0.2, 0) is 16.0 Å². The molecule has 0 saturated heterocycles. The maximum Gasteiger partial charge on any atom is 0.411 e. The van der Waals surface area contributed by atoms with Crippen LogP contribution in [0.5, 0.6) is 0 Å². The molecule has 7 heteroatoms. The molecule has 0 saturated carbocycles. The van der Waals surface area contributed by atoms with Crippen molar-refractivity contribution in [1.29, 1.82) is 0 Å². The van der Waals surface area contributed by atoms with E-state index in [1.807, 2.05) is 65.8 Å². The van der Waals surface area contributed by atoms with E-state index in [1.165, 1.54) is 0 Å². The topological polar surface area (TPSA) is 67.9 Å². The number of hydrogen-bond donors (Lipinski definition) is 1. The third kappa shape index (κ3) is 10.4. The van der Waals surface area contributed by atoms with Gasteiger partial charge in [-0.05, 0) is 65.7 Å². The number of halogens is 1. The van der Waals surface area contributed by atoms with Crippen molar-refractivity contribution < 1.29 is 19.1 Å². The minimum Gasteiger partial charge on any atom is -0.444 e. The number of nitrogens with zero attached hydrogens (tertiary/aromatic N) is 1. The lowest BCUT2D eigenvalue weighted by atomic mass is 10.1. The zero-order valence-electron chi connectivity index (χ0n) is 18.3. The summed E-state index contributed by atoms with van der Waals surface area (Å²) in [6.07, 6.45) is 1.26. The molecule has 1 aromatic rings. The van der Waals surface area contributed by atoms with Gasteiger partial charge in [0.15, 0.2) is 0 Å². The Bertz CT molecular complexity index is 690. The van der Waals surface area contributed by atoms with Crippen LogP contribution in [0.15, 0.2) is 41.4 Å².